The van der Waals surface area contributed by atoms with Crippen molar-refractivity contribution in [2.45, 2.75) is 20.0 Å². The first-order chi connectivity index (χ1) is 12.3. The summed E-state index contributed by atoms with van der Waals surface area (Å²) in [6, 6.07) is 9.07. The summed E-state index contributed by atoms with van der Waals surface area (Å²) in [5.74, 6) is 0. The van der Waals surface area contributed by atoms with E-state index < -0.39 is 11.7 Å². The normalized spacial score (nSPS) is 13.2. The number of alkyl halides is 3. The van der Waals surface area contributed by atoms with Crippen molar-refractivity contribution < 1.29 is 13.2 Å². The van der Waals surface area contributed by atoms with Crippen LogP contribution in [0.3, 0.4) is 0 Å². The summed E-state index contributed by atoms with van der Waals surface area (Å²) in [4.78, 5) is 17.8. The van der Waals surface area contributed by atoms with E-state index in [1.807, 2.05) is 26.0 Å². The summed E-state index contributed by atoms with van der Waals surface area (Å²) in [5, 5.41) is 0. The van der Waals surface area contributed by atoms with Crippen LogP contribution in [0.5, 0.6) is 0 Å². The summed E-state index contributed by atoms with van der Waals surface area (Å²) < 4.78 is 41.2. The molecule has 0 bridgehead atoms. The summed E-state index contributed by atoms with van der Waals surface area (Å²) >= 11 is 1.09. The van der Waals surface area contributed by atoms with Gasteiger partial charge in [0.1, 0.15) is 0 Å². The van der Waals surface area contributed by atoms with E-state index in [1.165, 1.54) is 28.7 Å². The highest BCUT2D eigenvalue weighted by molar-refractivity contribution is 7.15. The highest BCUT2D eigenvalue weighted by Crippen LogP contribution is 2.32. The molecule has 3 nitrogen and oxygen atoms in total. The Balaban J connectivity index is 2.02. The second-order valence-electron chi connectivity index (χ2n) is 6.18. The molecule has 7 heteroatoms. The molecule has 0 saturated heterocycles. The minimum atomic E-state index is -4.48. The lowest BCUT2D eigenvalue weighted by Crippen LogP contribution is -2.23. The first-order valence-corrected chi connectivity index (χ1v) is 8.67. The van der Waals surface area contributed by atoms with E-state index >= 15 is 0 Å². The lowest BCUT2D eigenvalue weighted by atomic mass is 10.1. The molecule has 0 spiro atoms. The number of imidazole rings is 1. The quantitative estimate of drug-likeness (QED) is 0.503. The lowest BCUT2D eigenvalue weighted by Gasteiger charge is -2.09. The van der Waals surface area contributed by atoms with Gasteiger partial charge in [-0.1, -0.05) is 35.6 Å². The molecule has 0 radical (unpaired) electrons. The average molecular weight is 374 g/mol. The first kappa shape index (κ1) is 16.8. The molecule has 0 atom stereocenters. The number of hydrogen-bond donors (Lipinski definition) is 0. The van der Waals surface area contributed by atoms with Crippen molar-refractivity contribution in [1.82, 2.24) is 9.38 Å². The molecule has 4 rings (SSSR count). The van der Waals surface area contributed by atoms with Gasteiger partial charge < -0.3 is 0 Å². The highest BCUT2D eigenvalue weighted by atomic mass is 32.1. The Morgan fingerprint density at radius 2 is 1.88 bits per heavy atom. The molecule has 0 fully saturated rings. The van der Waals surface area contributed by atoms with E-state index in [9.17, 15) is 18.0 Å². The maximum atomic E-state index is 13.2. The van der Waals surface area contributed by atoms with E-state index in [2.05, 4.69) is 4.98 Å². The van der Waals surface area contributed by atoms with Gasteiger partial charge in [-0.25, -0.2) is 9.38 Å². The fourth-order valence-corrected chi connectivity index (χ4v) is 4.10. The predicted octanol–water partition coefficient (Wildman–Crippen LogP) is 4.09. The molecule has 0 aliphatic rings. The minimum absolute atomic E-state index is 0.0294. The van der Waals surface area contributed by atoms with Crippen LogP contribution >= 0.6 is 11.3 Å². The monoisotopic (exact) mass is 374 g/mol. The number of rotatable bonds is 1. The second-order valence-corrected chi connectivity index (χ2v) is 7.19. The average Bonchev–Trinajstić information content (AvgIpc) is 3.05. The Labute approximate surface area is 150 Å². The van der Waals surface area contributed by atoms with E-state index in [0.717, 1.165) is 34.0 Å². The van der Waals surface area contributed by atoms with Gasteiger partial charge in [-0.15, -0.1) is 0 Å². The van der Waals surface area contributed by atoms with E-state index in [-0.39, 0.29) is 15.7 Å². The smallest absolute Gasteiger partial charge is 0.267 e. The van der Waals surface area contributed by atoms with Crippen molar-refractivity contribution in [3.05, 3.63) is 73.5 Å². The molecular weight excluding hydrogens is 361 g/mol. The lowest BCUT2D eigenvalue weighted by molar-refractivity contribution is -0.137. The molecule has 2 heterocycles. The summed E-state index contributed by atoms with van der Waals surface area (Å²) in [7, 11) is 0. The van der Waals surface area contributed by atoms with E-state index in [0.29, 0.717) is 10.5 Å². The van der Waals surface area contributed by atoms with Crippen LogP contribution in [0.2, 0.25) is 0 Å². The molecule has 0 aliphatic carbocycles. The Morgan fingerprint density at radius 3 is 2.62 bits per heavy atom. The number of benzene rings is 2. The fourth-order valence-electron chi connectivity index (χ4n) is 3.13. The van der Waals surface area contributed by atoms with Gasteiger partial charge in [0.2, 0.25) is 0 Å². The van der Waals surface area contributed by atoms with Crippen molar-refractivity contribution in [2.75, 3.05) is 0 Å². The maximum Gasteiger partial charge on any atom is 0.416 e. The maximum absolute atomic E-state index is 13.2. The van der Waals surface area contributed by atoms with Gasteiger partial charge in [-0.2, -0.15) is 13.2 Å². The highest BCUT2D eigenvalue weighted by Gasteiger charge is 2.32. The third kappa shape index (κ3) is 2.59. The number of thiazole rings is 1. The van der Waals surface area contributed by atoms with Crippen LogP contribution < -0.4 is 10.1 Å². The van der Waals surface area contributed by atoms with E-state index in [4.69, 9.17) is 0 Å². The van der Waals surface area contributed by atoms with Gasteiger partial charge in [0.15, 0.2) is 4.96 Å². The number of fused-ring (bicyclic) bond motifs is 3. The Kier molecular flexibility index (Phi) is 3.66. The third-order valence-electron chi connectivity index (χ3n) is 4.23. The molecule has 0 N–H and O–H groups in total. The van der Waals surface area contributed by atoms with Crippen LogP contribution in [0.15, 0.2) is 41.2 Å². The van der Waals surface area contributed by atoms with Gasteiger partial charge in [0, 0.05) is 0 Å². The zero-order valence-corrected chi connectivity index (χ0v) is 14.7. The van der Waals surface area contributed by atoms with Crippen molar-refractivity contribution >= 4 is 33.4 Å². The van der Waals surface area contributed by atoms with Crippen LogP contribution in [0.25, 0.3) is 22.1 Å². The van der Waals surface area contributed by atoms with Crippen LogP contribution in [-0.4, -0.2) is 9.38 Å². The summed E-state index contributed by atoms with van der Waals surface area (Å²) in [6.07, 6.45) is -3.19. The number of hydrogen-bond acceptors (Lipinski definition) is 3. The number of halogens is 3. The number of nitrogens with zero attached hydrogens (tertiary/aromatic N) is 2. The molecule has 0 saturated carbocycles. The van der Waals surface area contributed by atoms with Gasteiger partial charge in [0.25, 0.3) is 5.56 Å². The largest absolute Gasteiger partial charge is 0.416 e. The molecule has 2 aromatic heterocycles. The van der Waals surface area contributed by atoms with Crippen LogP contribution in [-0.2, 0) is 6.18 Å². The van der Waals surface area contributed by atoms with Crippen molar-refractivity contribution in [3.8, 4) is 0 Å². The predicted molar refractivity (Wildman–Crippen MR) is 96.5 cm³/mol. The molecule has 132 valence electrons. The van der Waals surface area contributed by atoms with Gasteiger partial charge in [0.05, 0.1) is 21.1 Å². The molecule has 0 unspecified atom stereocenters. The van der Waals surface area contributed by atoms with Crippen molar-refractivity contribution in [2.24, 2.45) is 0 Å². The van der Waals surface area contributed by atoms with Crippen LogP contribution in [0, 0.1) is 13.8 Å². The minimum Gasteiger partial charge on any atom is -0.267 e. The van der Waals surface area contributed by atoms with Gasteiger partial charge in [-0.3, -0.25) is 4.79 Å². The summed E-state index contributed by atoms with van der Waals surface area (Å²) in [6.45, 7) is 3.85. The summed E-state index contributed by atoms with van der Waals surface area (Å²) in [5.41, 5.74) is 2.23. The topological polar surface area (TPSA) is 34.4 Å². The second kappa shape index (κ2) is 5.67. The molecule has 2 aromatic carbocycles. The van der Waals surface area contributed by atoms with Crippen molar-refractivity contribution in [3.63, 3.8) is 0 Å². The fraction of sp³-hybridized carbons (Fsp3) is 0.158. The zero-order chi connectivity index (χ0) is 18.6. The Hall–Kier alpha value is -2.67. The SMILES string of the molecule is Cc1cc(C)c2nc3s/c(=C\c4ccccc4C(F)(F)F)c(=O)n3c2c1. The van der Waals surface area contributed by atoms with Crippen molar-refractivity contribution in [1.29, 1.82) is 0 Å². The van der Waals surface area contributed by atoms with Crippen LogP contribution in [0.4, 0.5) is 13.2 Å². The Bertz CT molecular complexity index is 1270. The molecule has 4 aromatic rings. The number of aromatic nitrogens is 2. The van der Waals surface area contributed by atoms with Crippen LogP contribution in [0.1, 0.15) is 22.3 Å². The zero-order valence-electron chi connectivity index (χ0n) is 13.9. The molecule has 0 aliphatic heterocycles. The standard InChI is InChI=1S/C19H13F3N2OS/c1-10-7-11(2)16-14(8-10)24-17(25)15(26-18(24)23-16)9-12-5-3-4-6-13(12)19(20,21)22/h3-9H,1-2H3/b15-9-. The third-order valence-corrected chi connectivity index (χ3v) is 5.20. The van der Waals surface area contributed by atoms with E-state index in [1.54, 1.807) is 0 Å². The molecule has 0 amide bonds. The Morgan fingerprint density at radius 1 is 1.15 bits per heavy atom. The molecular formula is C19H13F3N2OS. The van der Waals surface area contributed by atoms with Gasteiger partial charge in [-0.05, 0) is 48.7 Å². The first-order valence-electron chi connectivity index (χ1n) is 7.86. The molecule has 26 heavy (non-hydrogen) atoms. The van der Waals surface area contributed by atoms with Gasteiger partial charge >= 0.3 is 6.18 Å². The number of aryl methyl sites for hydroxylation is 2.